The van der Waals surface area contributed by atoms with Gasteiger partial charge in [0.15, 0.2) is 0 Å². The Morgan fingerprint density at radius 1 is 1.33 bits per heavy atom. The maximum Gasteiger partial charge on any atom is 0.222 e. The zero-order valence-corrected chi connectivity index (χ0v) is 12.5. The van der Waals surface area contributed by atoms with Gasteiger partial charge in [0.05, 0.1) is 11.3 Å². The van der Waals surface area contributed by atoms with Crippen LogP contribution in [0.3, 0.4) is 0 Å². The van der Waals surface area contributed by atoms with E-state index in [0.717, 1.165) is 44.7 Å². The maximum atomic E-state index is 12.0. The number of amides is 1. The summed E-state index contributed by atoms with van der Waals surface area (Å²) in [7, 11) is 0. The molecule has 5 nitrogen and oxygen atoms in total. The van der Waals surface area contributed by atoms with E-state index >= 15 is 0 Å². The van der Waals surface area contributed by atoms with E-state index in [1.54, 1.807) is 6.07 Å². The summed E-state index contributed by atoms with van der Waals surface area (Å²) < 4.78 is 0. The highest BCUT2D eigenvalue weighted by Crippen LogP contribution is 2.23. The fraction of sp³-hybridized carbons (Fsp3) is 0.500. The van der Waals surface area contributed by atoms with E-state index in [1.165, 1.54) is 0 Å². The Hall–Kier alpha value is -2.22. The SMILES string of the molecule is CCCCC(=O)N1CCN(c2ccc(N)cc2C#N)CC1. The minimum atomic E-state index is 0.245. The number of nitrogens with two attached hydrogens (primary N) is 1. The lowest BCUT2D eigenvalue weighted by atomic mass is 10.1. The molecule has 2 rings (SSSR count). The number of rotatable bonds is 4. The molecule has 0 unspecified atom stereocenters. The molecule has 1 aromatic rings. The Morgan fingerprint density at radius 2 is 2.05 bits per heavy atom. The van der Waals surface area contributed by atoms with Crippen LogP contribution >= 0.6 is 0 Å². The van der Waals surface area contributed by atoms with Gasteiger partial charge < -0.3 is 15.5 Å². The number of hydrogen-bond acceptors (Lipinski definition) is 4. The number of unbranched alkanes of at least 4 members (excludes halogenated alkanes) is 1. The second-order valence-electron chi connectivity index (χ2n) is 5.36. The fourth-order valence-electron chi connectivity index (χ4n) is 2.60. The van der Waals surface area contributed by atoms with Gasteiger partial charge >= 0.3 is 0 Å². The van der Waals surface area contributed by atoms with Crippen LogP contribution in [0.1, 0.15) is 31.7 Å². The molecule has 5 heteroatoms. The first kappa shape index (κ1) is 15.2. The third-order valence-corrected chi connectivity index (χ3v) is 3.86. The topological polar surface area (TPSA) is 73.4 Å². The van der Waals surface area contributed by atoms with Gasteiger partial charge in [0.1, 0.15) is 6.07 Å². The number of anilines is 2. The summed E-state index contributed by atoms with van der Waals surface area (Å²) in [6.07, 6.45) is 2.64. The first-order chi connectivity index (χ1) is 10.2. The first-order valence-corrected chi connectivity index (χ1v) is 7.48. The van der Waals surface area contributed by atoms with Gasteiger partial charge in [-0.15, -0.1) is 0 Å². The van der Waals surface area contributed by atoms with Gasteiger partial charge in [-0.2, -0.15) is 5.26 Å². The highest BCUT2D eigenvalue weighted by molar-refractivity contribution is 5.76. The summed E-state index contributed by atoms with van der Waals surface area (Å²) in [5, 5.41) is 9.21. The predicted octanol–water partition coefficient (Wildman–Crippen LogP) is 1.98. The molecule has 1 aliphatic rings. The van der Waals surface area contributed by atoms with Gasteiger partial charge in [-0.1, -0.05) is 13.3 Å². The molecule has 2 N–H and O–H groups in total. The molecule has 0 saturated carbocycles. The molecule has 0 aromatic heterocycles. The monoisotopic (exact) mass is 286 g/mol. The molecule has 1 heterocycles. The average Bonchev–Trinajstić information content (AvgIpc) is 2.52. The number of piperazine rings is 1. The zero-order chi connectivity index (χ0) is 15.2. The highest BCUT2D eigenvalue weighted by Gasteiger charge is 2.22. The lowest BCUT2D eigenvalue weighted by molar-refractivity contribution is -0.131. The van der Waals surface area contributed by atoms with E-state index in [9.17, 15) is 10.1 Å². The van der Waals surface area contributed by atoms with Crippen LogP contribution < -0.4 is 10.6 Å². The number of hydrogen-bond donors (Lipinski definition) is 1. The molecular weight excluding hydrogens is 264 g/mol. The first-order valence-electron chi connectivity index (χ1n) is 7.48. The number of carbonyl (C=O) groups excluding carboxylic acids is 1. The van der Waals surface area contributed by atoms with Gasteiger partial charge in [-0.3, -0.25) is 4.79 Å². The second kappa shape index (κ2) is 6.98. The van der Waals surface area contributed by atoms with Crippen LogP contribution in [0.5, 0.6) is 0 Å². The minimum Gasteiger partial charge on any atom is -0.399 e. The standard InChI is InChI=1S/C16H22N4O/c1-2-3-4-16(21)20-9-7-19(8-10-20)15-6-5-14(18)11-13(15)12-17/h5-6,11H,2-4,7-10,18H2,1H3. The molecule has 1 fully saturated rings. The lowest BCUT2D eigenvalue weighted by Crippen LogP contribution is -2.49. The van der Waals surface area contributed by atoms with Gasteiger partial charge in [0, 0.05) is 38.3 Å². The number of benzene rings is 1. The van der Waals surface area contributed by atoms with E-state index in [2.05, 4.69) is 17.9 Å². The van der Waals surface area contributed by atoms with Crippen molar-refractivity contribution >= 4 is 17.3 Å². The van der Waals surface area contributed by atoms with Crippen molar-refractivity contribution in [2.24, 2.45) is 0 Å². The van der Waals surface area contributed by atoms with Gasteiger partial charge in [-0.25, -0.2) is 0 Å². The Morgan fingerprint density at radius 3 is 2.67 bits per heavy atom. The van der Waals surface area contributed by atoms with Crippen molar-refractivity contribution in [1.82, 2.24) is 4.90 Å². The fourth-order valence-corrected chi connectivity index (χ4v) is 2.60. The predicted molar refractivity (Wildman–Crippen MR) is 83.9 cm³/mol. The maximum absolute atomic E-state index is 12.0. The Labute approximate surface area is 125 Å². The van der Waals surface area contributed by atoms with Gasteiger partial charge in [0.25, 0.3) is 0 Å². The number of carbonyl (C=O) groups is 1. The molecule has 0 bridgehead atoms. The summed E-state index contributed by atoms with van der Waals surface area (Å²) >= 11 is 0. The van der Waals surface area contributed by atoms with Gasteiger partial charge in [0.2, 0.25) is 5.91 Å². The van der Waals surface area contributed by atoms with Crippen molar-refractivity contribution in [3.05, 3.63) is 23.8 Å². The van der Waals surface area contributed by atoms with Crippen LogP contribution in [0.2, 0.25) is 0 Å². The zero-order valence-electron chi connectivity index (χ0n) is 12.5. The second-order valence-corrected chi connectivity index (χ2v) is 5.36. The van der Waals surface area contributed by atoms with Crippen molar-refractivity contribution in [2.75, 3.05) is 36.8 Å². The van der Waals surface area contributed by atoms with Crippen LogP contribution in [0, 0.1) is 11.3 Å². The smallest absolute Gasteiger partial charge is 0.222 e. The van der Waals surface area contributed by atoms with E-state index in [-0.39, 0.29) is 5.91 Å². The number of nitriles is 1. The molecule has 1 aliphatic heterocycles. The minimum absolute atomic E-state index is 0.245. The molecular formula is C16H22N4O. The van der Waals surface area contributed by atoms with Crippen LogP contribution in [0.15, 0.2) is 18.2 Å². The summed E-state index contributed by atoms with van der Waals surface area (Å²) in [5.74, 6) is 0.245. The molecule has 1 aromatic carbocycles. The summed E-state index contributed by atoms with van der Waals surface area (Å²) in [4.78, 5) is 16.1. The lowest BCUT2D eigenvalue weighted by Gasteiger charge is -2.36. The average molecular weight is 286 g/mol. The van der Waals surface area contributed by atoms with Crippen molar-refractivity contribution in [2.45, 2.75) is 26.2 Å². The van der Waals surface area contributed by atoms with Gasteiger partial charge in [-0.05, 0) is 24.6 Å². The quantitative estimate of drug-likeness (QED) is 0.859. The summed E-state index contributed by atoms with van der Waals surface area (Å²) in [5.41, 5.74) is 7.83. The highest BCUT2D eigenvalue weighted by atomic mass is 16.2. The number of nitrogen functional groups attached to an aromatic ring is 1. The third-order valence-electron chi connectivity index (χ3n) is 3.86. The van der Waals surface area contributed by atoms with Crippen molar-refractivity contribution in [1.29, 1.82) is 5.26 Å². The molecule has 0 radical (unpaired) electrons. The summed E-state index contributed by atoms with van der Waals surface area (Å²) in [6.45, 7) is 5.05. The molecule has 21 heavy (non-hydrogen) atoms. The molecule has 112 valence electrons. The van der Waals surface area contributed by atoms with Crippen molar-refractivity contribution in [3.8, 4) is 6.07 Å². The Kier molecular flexibility index (Phi) is 5.04. The number of nitrogens with zero attached hydrogens (tertiary/aromatic N) is 3. The Balaban J connectivity index is 1.98. The molecule has 0 aliphatic carbocycles. The van der Waals surface area contributed by atoms with Crippen LogP contribution in [0.25, 0.3) is 0 Å². The molecule has 1 amide bonds. The van der Waals surface area contributed by atoms with Crippen LogP contribution in [0.4, 0.5) is 11.4 Å². The molecule has 0 atom stereocenters. The summed E-state index contributed by atoms with van der Waals surface area (Å²) in [6, 6.07) is 7.60. The van der Waals surface area contributed by atoms with Crippen LogP contribution in [-0.4, -0.2) is 37.0 Å². The van der Waals surface area contributed by atoms with E-state index in [1.807, 2.05) is 17.0 Å². The van der Waals surface area contributed by atoms with E-state index < -0.39 is 0 Å². The molecule has 1 saturated heterocycles. The third kappa shape index (κ3) is 3.66. The molecule has 0 spiro atoms. The van der Waals surface area contributed by atoms with E-state index in [4.69, 9.17) is 5.73 Å². The van der Waals surface area contributed by atoms with E-state index in [0.29, 0.717) is 17.7 Å². The van der Waals surface area contributed by atoms with Crippen LogP contribution in [-0.2, 0) is 4.79 Å². The largest absolute Gasteiger partial charge is 0.399 e. The normalized spacial score (nSPS) is 14.9. The van der Waals surface area contributed by atoms with Crippen molar-refractivity contribution < 1.29 is 4.79 Å². The van der Waals surface area contributed by atoms with Crippen molar-refractivity contribution in [3.63, 3.8) is 0 Å². The Bertz CT molecular complexity index is 542.